The number of hydrogen-bond donors (Lipinski definition) is 2. The number of carbonyl (C=O) groups is 1. The normalized spacial score (nSPS) is 11.8. The summed E-state index contributed by atoms with van der Waals surface area (Å²) in [6.45, 7) is 10.1. The average Bonchev–Trinajstić information content (AvgIpc) is 3.11. The highest BCUT2D eigenvalue weighted by atomic mass is 32.2. The van der Waals surface area contributed by atoms with Gasteiger partial charge in [-0.2, -0.15) is 0 Å². The summed E-state index contributed by atoms with van der Waals surface area (Å²) in [5, 5.41) is 3.96. The predicted molar refractivity (Wildman–Crippen MR) is 127 cm³/mol. The Labute approximate surface area is 184 Å². The van der Waals surface area contributed by atoms with Crippen LogP contribution in [0, 0.1) is 6.92 Å². The molecule has 0 bridgehead atoms. The highest BCUT2D eigenvalue weighted by Gasteiger charge is 2.12. The molecular weight excluding hydrogens is 412 g/mol. The summed E-state index contributed by atoms with van der Waals surface area (Å²) >= 11 is 0. The van der Waals surface area contributed by atoms with E-state index in [1.54, 1.807) is 25.1 Å². The third-order valence-corrected chi connectivity index (χ3v) is 5.97. The summed E-state index contributed by atoms with van der Waals surface area (Å²) in [6, 6.07) is 12.9. The second kappa shape index (κ2) is 9.53. The zero-order valence-electron chi connectivity index (χ0n) is 18.5. The van der Waals surface area contributed by atoms with E-state index < -0.39 is 10.0 Å². The first-order valence-electron chi connectivity index (χ1n) is 10.4. The van der Waals surface area contributed by atoms with Crippen LogP contribution in [0.3, 0.4) is 0 Å². The van der Waals surface area contributed by atoms with Crippen LogP contribution < -0.4 is 10.0 Å². The summed E-state index contributed by atoms with van der Waals surface area (Å²) in [7, 11) is -3.42. The molecule has 0 spiro atoms. The molecule has 0 atom stereocenters. The number of nitrogens with zero attached hydrogens (tertiary/aromatic N) is 2. The summed E-state index contributed by atoms with van der Waals surface area (Å²) in [6.07, 6.45) is 3.16. The molecule has 0 aliphatic rings. The van der Waals surface area contributed by atoms with Crippen molar-refractivity contribution in [3.8, 4) is 0 Å². The highest BCUT2D eigenvalue weighted by molar-refractivity contribution is 7.92. The van der Waals surface area contributed by atoms with Crippen LogP contribution >= 0.6 is 0 Å². The van der Waals surface area contributed by atoms with E-state index in [2.05, 4.69) is 39.6 Å². The van der Waals surface area contributed by atoms with Crippen LogP contribution in [0.4, 0.5) is 11.4 Å². The Hall–Kier alpha value is -2.84. The Morgan fingerprint density at radius 2 is 1.81 bits per heavy atom. The predicted octanol–water partition coefficient (Wildman–Crippen LogP) is 3.92. The molecule has 1 aromatic heterocycles. The molecule has 31 heavy (non-hydrogen) atoms. The third-order valence-electron chi connectivity index (χ3n) is 5.38. The number of aromatic nitrogens is 1. The van der Waals surface area contributed by atoms with Crippen molar-refractivity contribution in [2.75, 3.05) is 35.9 Å². The van der Waals surface area contributed by atoms with Crippen LogP contribution in [0.25, 0.3) is 10.9 Å². The van der Waals surface area contributed by atoms with E-state index >= 15 is 0 Å². The van der Waals surface area contributed by atoms with E-state index in [0.717, 1.165) is 48.9 Å². The lowest BCUT2D eigenvalue weighted by Crippen LogP contribution is -2.26. The molecule has 0 unspecified atom stereocenters. The van der Waals surface area contributed by atoms with Crippen LogP contribution in [0.5, 0.6) is 0 Å². The van der Waals surface area contributed by atoms with Gasteiger partial charge in [-0.25, -0.2) is 8.42 Å². The lowest BCUT2D eigenvalue weighted by atomic mass is 10.1. The number of amides is 1. The van der Waals surface area contributed by atoms with E-state index in [1.165, 1.54) is 0 Å². The van der Waals surface area contributed by atoms with Gasteiger partial charge in [0.05, 0.1) is 11.9 Å². The summed E-state index contributed by atoms with van der Waals surface area (Å²) in [4.78, 5) is 15.1. The van der Waals surface area contributed by atoms with Gasteiger partial charge in [0.2, 0.25) is 10.0 Å². The fraction of sp³-hybridized carbons (Fsp3) is 0.348. The summed E-state index contributed by atoms with van der Waals surface area (Å²) < 4.78 is 27.8. The Morgan fingerprint density at radius 3 is 2.48 bits per heavy atom. The summed E-state index contributed by atoms with van der Waals surface area (Å²) in [5.41, 5.74) is 3.34. The lowest BCUT2D eigenvalue weighted by molar-refractivity contribution is 0.102. The number of benzene rings is 2. The number of anilines is 2. The quantitative estimate of drug-likeness (QED) is 0.526. The number of hydrogen-bond acceptors (Lipinski definition) is 4. The maximum Gasteiger partial charge on any atom is 0.255 e. The third kappa shape index (κ3) is 5.86. The maximum absolute atomic E-state index is 12.7. The highest BCUT2D eigenvalue weighted by Crippen LogP contribution is 2.23. The minimum absolute atomic E-state index is 0.295. The van der Waals surface area contributed by atoms with Crippen molar-refractivity contribution in [2.45, 2.75) is 27.3 Å². The smallest absolute Gasteiger partial charge is 0.255 e. The van der Waals surface area contributed by atoms with Gasteiger partial charge in [-0.15, -0.1) is 0 Å². The second-order valence-corrected chi connectivity index (χ2v) is 9.42. The van der Waals surface area contributed by atoms with Crippen molar-refractivity contribution < 1.29 is 13.2 Å². The minimum Gasteiger partial charge on any atom is -0.346 e. The average molecular weight is 443 g/mol. The van der Waals surface area contributed by atoms with Crippen molar-refractivity contribution in [3.05, 3.63) is 59.8 Å². The molecule has 1 amide bonds. The minimum atomic E-state index is -3.42. The van der Waals surface area contributed by atoms with Gasteiger partial charge in [0.25, 0.3) is 5.91 Å². The van der Waals surface area contributed by atoms with E-state index in [9.17, 15) is 13.2 Å². The van der Waals surface area contributed by atoms with Crippen molar-refractivity contribution in [1.82, 2.24) is 9.47 Å². The van der Waals surface area contributed by atoms with Gasteiger partial charge in [-0.3, -0.25) is 9.52 Å². The molecular formula is C23H30N4O3S. The standard InChI is InChI=1S/C23H30N4O3S/c1-5-26(6-2)13-14-27-12-11-18-15-20(9-10-22(18)27)24-23(28)19-8-7-17(3)21(16-19)25-31(4,29)30/h7-12,15-16,25H,5-6,13-14H2,1-4H3,(H,24,28). The second-order valence-electron chi connectivity index (χ2n) is 7.67. The van der Waals surface area contributed by atoms with Gasteiger partial charge >= 0.3 is 0 Å². The molecule has 0 aliphatic heterocycles. The van der Waals surface area contributed by atoms with Gasteiger partial charge in [-0.1, -0.05) is 19.9 Å². The SMILES string of the molecule is CCN(CC)CCn1ccc2cc(NC(=O)c3ccc(C)c(NS(C)(=O)=O)c3)ccc21. The molecule has 0 saturated heterocycles. The molecule has 0 aliphatic carbocycles. The number of nitrogens with one attached hydrogen (secondary N) is 2. The van der Waals surface area contributed by atoms with Gasteiger partial charge < -0.3 is 14.8 Å². The fourth-order valence-electron chi connectivity index (χ4n) is 3.54. The Kier molecular flexibility index (Phi) is 7.02. The number of likely N-dealkylation sites (N-methyl/N-ethyl adjacent to an activating group) is 1. The van der Waals surface area contributed by atoms with Crippen LogP contribution in [0.2, 0.25) is 0 Å². The Balaban J connectivity index is 1.75. The maximum atomic E-state index is 12.7. The molecule has 2 aromatic carbocycles. The van der Waals surface area contributed by atoms with Gasteiger partial charge in [0, 0.05) is 41.4 Å². The van der Waals surface area contributed by atoms with Crippen molar-refractivity contribution in [2.24, 2.45) is 0 Å². The van der Waals surface area contributed by atoms with E-state index in [4.69, 9.17) is 0 Å². The van der Waals surface area contributed by atoms with Crippen LogP contribution in [-0.4, -0.2) is 49.7 Å². The van der Waals surface area contributed by atoms with E-state index in [0.29, 0.717) is 16.9 Å². The molecule has 3 rings (SSSR count). The van der Waals surface area contributed by atoms with E-state index in [-0.39, 0.29) is 5.91 Å². The largest absolute Gasteiger partial charge is 0.346 e. The van der Waals surface area contributed by atoms with Crippen LogP contribution in [-0.2, 0) is 16.6 Å². The number of rotatable bonds is 9. The van der Waals surface area contributed by atoms with E-state index in [1.807, 2.05) is 24.3 Å². The Morgan fingerprint density at radius 1 is 1.06 bits per heavy atom. The topological polar surface area (TPSA) is 83.4 Å². The zero-order valence-corrected chi connectivity index (χ0v) is 19.3. The van der Waals surface area contributed by atoms with Gasteiger partial charge in [-0.05, 0) is 62.0 Å². The molecule has 7 nitrogen and oxygen atoms in total. The number of fused-ring (bicyclic) bond motifs is 1. The van der Waals surface area contributed by atoms with Crippen molar-refractivity contribution in [3.63, 3.8) is 0 Å². The number of sulfonamides is 1. The molecule has 0 radical (unpaired) electrons. The monoisotopic (exact) mass is 442 g/mol. The number of carbonyl (C=O) groups excluding carboxylic acids is 1. The molecule has 166 valence electrons. The van der Waals surface area contributed by atoms with Crippen LogP contribution in [0.1, 0.15) is 29.8 Å². The van der Waals surface area contributed by atoms with Crippen molar-refractivity contribution in [1.29, 1.82) is 0 Å². The summed E-state index contributed by atoms with van der Waals surface area (Å²) in [5.74, 6) is -0.295. The van der Waals surface area contributed by atoms with Gasteiger partial charge in [0.1, 0.15) is 0 Å². The van der Waals surface area contributed by atoms with Crippen LogP contribution in [0.15, 0.2) is 48.7 Å². The zero-order chi connectivity index (χ0) is 22.6. The molecule has 8 heteroatoms. The molecule has 0 fully saturated rings. The number of aryl methyl sites for hydroxylation is 1. The lowest BCUT2D eigenvalue weighted by Gasteiger charge is -2.18. The Bertz CT molecular complexity index is 1180. The first-order chi connectivity index (χ1) is 14.7. The van der Waals surface area contributed by atoms with Crippen molar-refractivity contribution >= 4 is 38.2 Å². The molecule has 2 N–H and O–H groups in total. The first kappa shape index (κ1) is 22.8. The van der Waals surface area contributed by atoms with Gasteiger partial charge in [0.15, 0.2) is 0 Å². The fourth-order valence-corrected chi connectivity index (χ4v) is 4.16. The molecule has 1 heterocycles. The molecule has 0 saturated carbocycles. The molecule has 3 aromatic rings. The first-order valence-corrected chi connectivity index (χ1v) is 12.3.